The zero-order valence-electron chi connectivity index (χ0n) is 16.0. The molecule has 0 N–H and O–H groups in total. The van der Waals surface area contributed by atoms with Crippen LogP contribution in [0.25, 0.3) is 10.4 Å². The first kappa shape index (κ1) is 18.0. The van der Waals surface area contributed by atoms with Crippen molar-refractivity contribution in [2.24, 2.45) is 5.11 Å². The van der Waals surface area contributed by atoms with Crippen molar-refractivity contribution in [2.45, 2.75) is 18.9 Å². The van der Waals surface area contributed by atoms with Gasteiger partial charge in [0.15, 0.2) is 5.60 Å². The number of esters is 1. The molecule has 0 amide bonds. The molecule has 146 valence electrons. The Kier molecular flexibility index (Phi) is 3.88. The van der Waals surface area contributed by atoms with Gasteiger partial charge in [-0.1, -0.05) is 47.6 Å². The molecular weight excluding hydrogens is 382 g/mol. The highest BCUT2D eigenvalue weighted by Gasteiger charge is 2.53. The number of rotatable bonds is 3. The van der Waals surface area contributed by atoms with Crippen molar-refractivity contribution in [3.05, 3.63) is 98.9 Å². The van der Waals surface area contributed by atoms with Crippen LogP contribution >= 0.6 is 0 Å². The molecule has 30 heavy (non-hydrogen) atoms. The smallest absolute Gasteiger partial charge is 0.340 e. The van der Waals surface area contributed by atoms with Crippen molar-refractivity contribution in [2.75, 3.05) is 0 Å². The molecule has 2 aliphatic heterocycles. The van der Waals surface area contributed by atoms with Gasteiger partial charge in [0.2, 0.25) is 0 Å². The predicted octanol–water partition coefficient (Wildman–Crippen LogP) is 5.33. The minimum Gasteiger partial charge on any atom is -0.456 e. The minimum absolute atomic E-state index is 0.0316. The van der Waals surface area contributed by atoms with E-state index in [0.29, 0.717) is 33.9 Å². The van der Waals surface area contributed by atoms with Gasteiger partial charge in [-0.2, -0.15) is 0 Å². The minimum atomic E-state index is -1.18. The summed E-state index contributed by atoms with van der Waals surface area (Å²) in [6, 6.07) is 17.8. The van der Waals surface area contributed by atoms with Gasteiger partial charge in [0.25, 0.3) is 0 Å². The average Bonchev–Trinajstić information content (AvgIpc) is 3.01. The van der Waals surface area contributed by atoms with Crippen LogP contribution in [-0.4, -0.2) is 11.8 Å². The average molecular weight is 397 g/mol. The first-order valence-electron chi connectivity index (χ1n) is 9.36. The van der Waals surface area contributed by atoms with Gasteiger partial charge in [0.05, 0.1) is 5.56 Å². The summed E-state index contributed by atoms with van der Waals surface area (Å²) in [7, 11) is 0. The molecule has 0 bridgehead atoms. The third-order valence-corrected chi connectivity index (χ3v) is 5.38. The molecule has 0 fully saturated rings. The molecule has 3 aromatic rings. The normalized spacial score (nSPS) is 17.8. The van der Waals surface area contributed by atoms with Crippen molar-refractivity contribution >= 4 is 17.4 Å². The van der Waals surface area contributed by atoms with Crippen LogP contribution in [0.1, 0.15) is 39.5 Å². The maximum atomic E-state index is 12.8. The highest BCUT2D eigenvalue weighted by Crippen LogP contribution is 2.56. The summed E-state index contributed by atoms with van der Waals surface area (Å²) < 4.78 is 12.2. The molecule has 1 spiro atoms. The van der Waals surface area contributed by atoms with E-state index in [0.717, 1.165) is 11.1 Å². The van der Waals surface area contributed by atoms with E-state index < -0.39 is 11.6 Å². The van der Waals surface area contributed by atoms with Crippen LogP contribution in [0.4, 0.5) is 5.69 Å². The molecule has 7 heteroatoms. The van der Waals surface area contributed by atoms with Crippen LogP contribution in [0.15, 0.2) is 65.8 Å². The SMILES string of the molecule is CC(=O)Cc1ccc2c(c1)Oc1cc(N=[N+]=[N-])ccc1C21OC(=O)c2ccccc21. The summed E-state index contributed by atoms with van der Waals surface area (Å²) in [5.74, 6) is 0.529. The second kappa shape index (κ2) is 6.47. The summed E-state index contributed by atoms with van der Waals surface area (Å²) in [5, 5.41) is 3.65. The zero-order chi connectivity index (χ0) is 20.9. The molecule has 1 atom stereocenters. The number of hydrogen-bond acceptors (Lipinski definition) is 5. The number of carbonyl (C=O) groups excluding carboxylic acids is 2. The summed E-state index contributed by atoms with van der Waals surface area (Å²) in [6.07, 6.45) is 0.269. The number of Topliss-reactive ketones (excluding diaryl/α,β-unsaturated/α-hetero) is 1. The molecule has 0 aliphatic carbocycles. The molecule has 1 unspecified atom stereocenters. The van der Waals surface area contributed by atoms with Crippen LogP contribution < -0.4 is 4.74 Å². The Hall–Kier alpha value is -4.09. The fraction of sp³-hybridized carbons (Fsp3) is 0.130. The van der Waals surface area contributed by atoms with Crippen molar-refractivity contribution in [3.8, 4) is 11.5 Å². The van der Waals surface area contributed by atoms with E-state index in [1.807, 2.05) is 24.3 Å². The van der Waals surface area contributed by atoms with Gasteiger partial charge in [-0.05, 0) is 36.2 Å². The zero-order valence-corrected chi connectivity index (χ0v) is 16.0. The van der Waals surface area contributed by atoms with Crippen molar-refractivity contribution < 1.29 is 19.1 Å². The molecule has 3 aromatic carbocycles. The molecule has 2 heterocycles. The Morgan fingerprint density at radius 1 is 1.03 bits per heavy atom. The monoisotopic (exact) mass is 397 g/mol. The fourth-order valence-electron chi connectivity index (χ4n) is 4.22. The third kappa shape index (κ3) is 2.50. The highest BCUT2D eigenvalue weighted by atomic mass is 16.6. The number of fused-ring (bicyclic) bond motifs is 6. The lowest BCUT2D eigenvalue weighted by Crippen LogP contribution is -2.33. The molecule has 0 saturated carbocycles. The van der Waals surface area contributed by atoms with Gasteiger partial charge in [0.1, 0.15) is 17.3 Å². The second-order valence-corrected chi connectivity index (χ2v) is 7.30. The number of benzene rings is 3. The van der Waals surface area contributed by atoms with Crippen molar-refractivity contribution in [1.82, 2.24) is 0 Å². The second-order valence-electron chi connectivity index (χ2n) is 7.30. The topological polar surface area (TPSA) is 101 Å². The standard InChI is InChI=1S/C23H15N3O4/c1-13(27)10-14-6-8-18-20(11-14)29-21-12-15(25-26-24)7-9-19(21)23(18)17-5-3-2-4-16(17)22(28)30-23/h2-9,11-12H,10H2,1H3. The Morgan fingerprint density at radius 2 is 1.77 bits per heavy atom. The number of ether oxygens (including phenoxy) is 2. The van der Waals surface area contributed by atoms with E-state index in [-0.39, 0.29) is 12.2 Å². The Labute approximate surface area is 171 Å². The molecule has 7 nitrogen and oxygen atoms in total. The number of carbonyl (C=O) groups is 2. The van der Waals surface area contributed by atoms with Crippen LogP contribution in [-0.2, 0) is 21.6 Å². The van der Waals surface area contributed by atoms with Gasteiger partial charge in [-0.3, -0.25) is 4.79 Å². The van der Waals surface area contributed by atoms with E-state index in [1.54, 1.807) is 36.4 Å². The lowest BCUT2D eigenvalue weighted by atomic mass is 9.77. The van der Waals surface area contributed by atoms with Crippen molar-refractivity contribution in [3.63, 3.8) is 0 Å². The van der Waals surface area contributed by atoms with Gasteiger partial charge in [-0.15, -0.1) is 0 Å². The van der Waals surface area contributed by atoms with Crippen LogP contribution in [0.2, 0.25) is 0 Å². The Morgan fingerprint density at radius 3 is 2.53 bits per heavy atom. The van der Waals surface area contributed by atoms with E-state index in [4.69, 9.17) is 15.0 Å². The molecular formula is C23H15N3O4. The molecule has 2 aliphatic rings. The van der Waals surface area contributed by atoms with E-state index >= 15 is 0 Å². The van der Waals surface area contributed by atoms with Gasteiger partial charge < -0.3 is 9.47 Å². The van der Waals surface area contributed by atoms with Crippen LogP contribution in [0, 0.1) is 0 Å². The lowest BCUT2D eigenvalue weighted by Gasteiger charge is -2.36. The first-order chi connectivity index (χ1) is 14.5. The summed E-state index contributed by atoms with van der Waals surface area (Å²) in [4.78, 5) is 27.2. The third-order valence-electron chi connectivity index (χ3n) is 5.38. The molecule has 0 saturated heterocycles. The Bertz CT molecular complexity index is 1290. The van der Waals surface area contributed by atoms with Crippen LogP contribution in [0.3, 0.4) is 0 Å². The summed E-state index contributed by atoms with van der Waals surface area (Å²) in [6.45, 7) is 1.53. The number of hydrogen-bond donors (Lipinski definition) is 0. The van der Waals surface area contributed by atoms with Gasteiger partial charge in [-0.25, -0.2) is 4.79 Å². The fourth-order valence-corrected chi connectivity index (χ4v) is 4.22. The molecule has 0 radical (unpaired) electrons. The van der Waals surface area contributed by atoms with Gasteiger partial charge >= 0.3 is 5.97 Å². The Balaban J connectivity index is 1.80. The summed E-state index contributed by atoms with van der Waals surface area (Å²) >= 11 is 0. The van der Waals surface area contributed by atoms with Gasteiger partial charge in [0, 0.05) is 33.7 Å². The maximum absolute atomic E-state index is 12.8. The highest BCUT2D eigenvalue weighted by molar-refractivity contribution is 5.97. The molecule has 5 rings (SSSR count). The number of nitrogens with zero attached hydrogens (tertiary/aromatic N) is 3. The number of azide groups is 1. The largest absolute Gasteiger partial charge is 0.456 e. The lowest BCUT2D eigenvalue weighted by molar-refractivity contribution is -0.116. The first-order valence-corrected chi connectivity index (χ1v) is 9.36. The number of ketones is 1. The molecule has 0 aromatic heterocycles. The van der Waals surface area contributed by atoms with E-state index in [9.17, 15) is 9.59 Å². The van der Waals surface area contributed by atoms with E-state index in [2.05, 4.69) is 10.0 Å². The van der Waals surface area contributed by atoms with Crippen LogP contribution in [0.5, 0.6) is 11.5 Å². The maximum Gasteiger partial charge on any atom is 0.340 e. The van der Waals surface area contributed by atoms with Crippen molar-refractivity contribution in [1.29, 1.82) is 0 Å². The van der Waals surface area contributed by atoms with E-state index in [1.165, 1.54) is 6.92 Å². The quantitative estimate of drug-likeness (QED) is 0.258. The summed E-state index contributed by atoms with van der Waals surface area (Å²) in [5.41, 5.74) is 11.3. The predicted molar refractivity (Wildman–Crippen MR) is 108 cm³/mol.